The average molecular weight is 186 g/mol. The van der Waals surface area contributed by atoms with Gasteiger partial charge >= 0.3 is 0 Å². The van der Waals surface area contributed by atoms with Crippen molar-refractivity contribution in [1.82, 2.24) is 0 Å². The summed E-state index contributed by atoms with van der Waals surface area (Å²) in [6, 6.07) is 0. The van der Waals surface area contributed by atoms with Gasteiger partial charge in [-0.05, 0) is 38.5 Å². The Morgan fingerprint density at radius 3 is 2.85 bits per heavy atom. The van der Waals surface area contributed by atoms with E-state index in [1.54, 1.807) is 7.11 Å². The number of rotatable bonds is 4. The van der Waals surface area contributed by atoms with Crippen molar-refractivity contribution < 1.29 is 9.84 Å². The maximum absolute atomic E-state index is 10.1. The standard InChI is InChI=1S/C11H22O2/c1-11(12)8-4-3-6-10(11)7-5-9-13-2/h10,12H,3-9H2,1-2H3/t10-,11+/m1/s1. The first-order valence-electron chi connectivity index (χ1n) is 5.38. The van der Waals surface area contributed by atoms with E-state index in [0.717, 1.165) is 25.9 Å². The Morgan fingerprint density at radius 1 is 1.46 bits per heavy atom. The second-order valence-corrected chi connectivity index (χ2v) is 4.43. The summed E-state index contributed by atoms with van der Waals surface area (Å²) in [5.74, 6) is 0.497. The fourth-order valence-electron chi connectivity index (χ4n) is 2.32. The molecule has 1 N–H and O–H groups in total. The van der Waals surface area contributed by atoms with Gasteiger partial charge in [-0.15, -0.1) is 0 Å². The number of aliphatic hydroxyl groups is 1. The number of ether oxygens (including phenoxy) is 1. The Hall–Kier alpha value is -0.0800. The maximum atomic E-state index is 10.1. The molecule has 0 radical (unpaired) electrons. The third-order valence-corrected chi connectivity index (χ3v) is 3.27. The largest absolute Gasteiger partial charge is 0.390 e. The third-order valence-electron chi connectivity index (χ3n) is 3.27. The van der Waals surface area contributed by atoms with Crippen LogP contribution in [-0.4, -0.2) is 24.4 Å². The molecule has 0 aromatic heterocycles. The van der Waals surface area contributed by atoms with Crippen molar-refractivity contribution in [3.8, 4) is 0 Å². The summed E-state index contributed by atoms with van der Waals surface area (Å²) < 4.78 is 5.02. The molecule has 78 valence electrons. The molecule has 1 aliphatic carbocycles. The van der Waals surface area contributed by atoms with Crippen molar-refractivity contribution in [1.29, 1.82) is 0 Å². The van der Waals surface area contributed by atoms with Gasteiger partial charge in [-0.25, -0.2) is 0 Å². The topological polar surface area (TPSA) is 29.5 Å². The minimum Gasteiger partial charge on any atom is -0.390 e. The van der Waals surface area contributed by atoms with Gasteiger partial charge in [0.05, 0.1) is 5.60 Å². The predicted octanol–water partition coefficient (Wildman–Crippen LogP) is 2.35. The lowest BCUT2D eigenvalue weighted by Gasteiger charge is -2.37. The molecule has 0 saturated heterocycles. The number of hydrogen-bond donors (Lipinski definition) is 1. The van der Waals surface area contributed by atoms with Crippen molar-refractivity contribution in [2.45, 2.75) is 51.0 Å². The van der Waals surface area contributed by atoms with Crippen LogP contribution < -0.4 is 0 Å². The predicted molar refractivity (Wildman–Crippen MR) is 53.7 cm³/mol. The van der Waals surface area contributed by atoms with Crippen LogP contribution in [0, 0.1) is 5.92 Å². The Labute approximate surface area is 81.3 Å². The van der Waals surface area contributed by atoms with E-state index in [9.17, 15) is 5.11 Å². The van der Waals surface area contributed by atoms with Gasteiger partial charge in [0.25, 0.3) is 0 Å². The summed E-state index contributed by atoms with van der Waals surface area (Å²) in [5, 5.41) is 10.1. The fourth-order valence-corrected chi connectivity index (χ4v) is 2.32. The van der Waals surface area contributed by atoms with E-state index >= 15 is 0 Å². The molecule has 1 saturated carbocycles. The molecule has 0 aromatic rings. The Balaban J connectivity index is 2.29. The highest BCUT2D eigenvalue weighted by atomic mass is 16.5. The molecule has 0 amide bonds. The van der Waals surface area contributed by atoms with Crippen LogP contribution in [0.25, 0.3) is 0 Å². The van der Waals surface area contributed by atoms with Crippen LogP contribution in [0.2, 0.25) is 0 Å². The van der Waals surface area contributed by atoms with Gasteiger partial charge in [0.2, 0.25) is 0 Å². The molecule has 2 heteroatoms. The lowest BCUT2D eigenvalue weighted by Crippen LogP contribution is -2.37. The van der Waals surface area contributed by atoms with Crippen LogP contribution in [-0.2, 0) is 4.74 Å². The monoisotopic (exact) mass is 186 g/mol. The maximum Gasteiger partial charge on any atom is 0.0647 e. The third kappa shape index (κ3) is 3.28. The molecule has 2 atom stereocenters. The quantitative estimate of drug-likeness (QED) is 0.683. The highest BCUT2D eigenvalue weighted by Gasteiger charge is 2.33. The summed E-state index contributed by atoms with van der Waals surface area (Å²) in [6.45, 7) is 2.82. The van der Waals surface area contributed by atoms with Crippen LogP contribution >= 0.6 is 0 Å². The average Bonchev–Trinajstić information content (AvgIpc) is 2.08. The van der Waals surface area contributed by atoms with Gasteiger partial charge in [0.1, 0.15) is 0 Å². The number of hydrogen-bond acceptors (Lipinski definition) is 2. The zero-order valence-corrected chi connectivity index (χ0v) is 8.88. The molecule has 0 aromatic carbocycles. The minimum atomic E-state index is -0.411. The Morgan fingerprint density at radius 2 is 2.23 bits per heavy atom. The van der Waals surface area contributed by atoms with Crippen LogP contribution in [0.4, 0.5) is 0 Å². The van der Waals surface area contributed by atoms with Gasteiger partial charge in [-0.2, -0.15) is 0 Å². The van der Waals surface area contributed by atoms with E-state index in [1.165, 1.54) is 19.3 Å². The van der Waals surface area contributed by atoms with Gasteiger partial charge in [-0.1, -0.05) is 12.8 Å². The highest BCUT2D eigenvalue weighted by molar-refractivity contribution is 4.85. The highest BCUT2D eigenvalue weighted by Crippen LogP contribution is 2.36. The Bertz CT molecular complexity index is 143. The van der Waals surface area contributed by atoms with Crippen molar-refractivity contribution in [2.24, 2.45) is 5.92 Å². The van der Waals surface area contributed by atoms with Crippen molar-refractivity contribution in [3.63, 3.8) is 0 Å². The first-order chi connectivity index (χ1) is 6.17. The summed E-state index contributed by atoms with van der Waals surface area (Å²) in [6.07, 6.45) is 6.83. The lowest BCUT2D eigenvalue weighted by atomic mass is 9.74. The van der Waals surface area contributed by atoms with E-state index in [0.29, 0.717) is 5.92 Å². The molecule has 13 heavy (non-hydrogen) atoms. The molecule has 0 spiro atoms. The second kappa shape index (κ2) is 4.97. The molecule has 0 heterocycles. The normalized spacial score (nSPS) is 34.8. The van der Waals surface area contributed by atoms with E-state index in [2.05, 4.69) is 0 Å². The van der Waals surface area contributed by atoms with Gasteiger partial charge in [0, 0.05) is 13.7 Å². The summed E-state index contributed by atoms with van der Waals surface area (Å²) in [4.78, 5) is 0. The lowest BCUT2D eigenvalue weighted by molar-refractivity contribution is -0.0372. The molecule has 0 aliphatic heterocycles. The van der Waals surface area contributed by atoms with Crippen molar-refractivity contribution in [2.75, 3.05) is 13.7 Å². The van der Waals surface area contributed by atoms with E-state index in [1.807, 2.05) is 6.92 Å². The SMILES string of the molecule is COCCC[C@H]1CCCC[C@]1(C)O. The first kappa shape index (κ1) is 11.0. The summed E-state index contributed by atoms with van der Waals surface area (Å²) >= 11 is 0. The summed E-state index contributed by atoms with van der Waals surface area (Å²) in [7, 11) is 1.74. The minimum absolute atomic E-state index is 0.411. The smallest absolute Gasteiger partial charge is 0.0647 e. The zero-order valence-electron chi connectivity index (χ0n) is 8.88. The van der Waals surface area contributed by atoms with Crippen molar-refractivity contribution >= 4 is 0 Å². The molecular formula is C11H22O2. The fraction of sp³-hybridized carbons (Fsp3) is 1.00. The summed E-state index contributed by atoms with van der Waals surface area (Å²) in [5.41, 5.74) is -0.411. The molecule has 0 unspecified atom stereocenters. The molecule has 2 nitrogen and oxygen atoms in total. The Kier molecular flexibility index (Phi) is 4.20. The molecule has 0 bridgehead atoms. The van der Waals surface area contributed by atoms with E-state index in [-0.39, 0.29) is 0 Å². The van der Waals surface area contributed by atoms with Crippen LogP contribution in [0.3, 0.4) is 0 Å². The molecule has 1 aliphatic rings. The van der Waals surface area contributed by atoms with E-state index in [4.69, 9.17) is 4.74 Å². The van der Waals surface area contributed by atoms with Crippen LogP contribution in [0.15, 0.2) is 0 Å². The zero-order chi connectivity index (χ0) is 9.73. The van der Waals surface area contributed by atoms with E-state index < -0.39 is 5.60 Å². The van der Waals surface area contributed by atoms with Crippen molar-refractivity contribution in [3.05, 3.63) is 0 Å². The van der Waals surface area contributed by atoms with Gasteiger partial charge < -0.3 is 9.84 Å². The first-order valence-corrected chi connectivity index (χ1v) is 5.38. The van der Waals surface area contributed by atoms with Gasteiger partial charge in [-0.3, -0.25) is 0 Å². The van der Waals surface area contributed by atoms with Crippen LogP contribution in [0.1, 0.15) is 45.4 Å². The van der Waals surface area contributed by atoms with Gasteiger partial charge in [0.15, 0.2) is 0 Å². The molecule has 1 fully saturated rings. The van der Waals surface area contributed by atoms with Crippen LogP contribution in [0.5, 0.6) is 0 Å². The number of methoxy groups -OCH3 is 1. The molecule has 1 rings (SSSR count). The molecular weight excluding hydrogens is 164 g/mol. The second-order valence-electron chi connectivity index (χ2n) is 4.43.